The number of carbonyl (C=O) groups is 1. The first-order valence-corrected chi connectivity index (χ1v) is 14.2. The third kappa shape index (κ3) is 6.20. The molecule has 0 aliphatic carbocycles. The second-order valence-corrected chi connectivity index (χ2v) is 10.5. The highest BCUT2D eigenvalue weighted by molar-refractivity contribution is 5.91. The predicted octanol–water partition coefficient (Wildman–Crippen LogP) is 8.02. The van der Waals surface area contributed by atoms with E-state index in [0.717, 1.165) is 5.56 Å². The number of nitro groups is 2. The predicted molar refractivity (Wildman–Crippen MR) is 166 cm³/mol. The molecule has 1 heterocycles. The molecule has 0 saturated heterocycles. The number of ether oxygens (including phenoxy) is 4. The third-order valence-corrected chi connectivity index (χ3v) is 7.51. The molecule has 46 heavy (non-hydrogen) atoms. The van der Waals surface area contributed by atoms with Gasteiger partial charge in [0.1, 0.15) is 36.2 Å². The van der Waals surface area contributed by atoms with E-state index >= 15 is 0 Å². The Morgan fingerprint density at radius 3 is 1.67 bits per heavy atom. The fourth-order valence-electron chi connectivity index (χ4n) is 5.15. The number of esters is 1. The van der Waals surface area contributed by atoms with E-state index in [2.05, 4.69) is 0 Å². The maximum atomic E-state index is 13.4. The third-order valence-electron chi connectivity index (χ3n) is 7.51. The second-order valence-electron chi connectivity index (χ2n) is 10.5. The minimum atomic E-state index is -0.848. The minimum Gasteiger partial charge on any atom is -0.489 e. The Morgan fingerprint density at radius 1 is 0.696 bits per heavy atom. The van der Waals surface area contributed by atoms with E-state index in [4.69, 9.17) is 18.9 Å². The molecule has 11 nitrogen and oxygen atoms in total. The molecule has 0 atom stereocenters. The van der Waals surface area contributed by atoms with Crippen LogP contribution in [0.15, 0.2) is 109 Å². The largest absolute Gasteiger partial charge is 0.489 e. The van der Waals surface area contributed by atoms with E-state index in [0.29, 0.717) is 50.8 Å². The van der Waals surface area contributed by atoms with Crippen LogP contribution in [-0.2, 0) is 18.0 Å². The van der Waals surface area contributed by atoms with Gasteiger partial charge in [0, 0.05) is 35.4 Å². The summed E-state index contributed by atoms with van der Waals surface area (Å²) >= 11 is 0. The van der Waals surface area contributed by atoms with Gasteiger partial charge in [-0.1, -0.05) is 42.5 Å². The van der Waals surface area contributed by atoms with Crippen LogP contribution in [-0.4, -0.2) is 15.8 Å². The van der Waals surface area contributed by atoms with Crippen LogP contribution in [0.5, 0.6) is 23.0 Å². The summed E-state index contributed by atoms with van der Waals surface area (Å²) in [4.78, 5) is 35.3. The van der Waals surface area contributed by atoms with Crippen molar-refractivity contribution in [2.45, 2.75) is 26.2 Å². The first kappa shape index (κ1) is 29.8. The number of hydrogen-bond donors (Lipinski definition) is 0. The molecule has 0 bridgehead atoms. The lowest BCUT2D eigenvalue weighted by Gasteiger charge is -2.29. The van der Waals surface area contributed by atoms with E-state index in [-0.39, 0.29) is 24.6 Å². The van der Waals surface area contributed by atoms with Gasteiger partial charge in [-0.15, -0.1) is 0 Å². The Labute approximate surface area is 262 Å². The first-order valence-electron chi connectivity index (χ1n) is 14.2. The monoisotopic (exact) mass is 618 g/mol. The average Bonchev–Trinajstić information content (AvgIpc) is 3.06. The molecule has 0 fully saturated rings. The molecule has 0 saturated carbocycles. The van der Waals surface area contributed by atoms with Crippen LogP contribution in [0.2, 0.25) is 0 Å². The van der Waals surface area contributed by atoms with Crippen molar-refractivity contribution in [1.29, 1.82) is 0 Å². The Balaban J connectivity index is 1.30. The van der Waals surface area contributed by atoms with Gasteiger partial charge in [-0.05, 0) is 55.0 Å². The quantitative estimate of drug-likeness (QED) is 0.0864. The van der Waals surface area contributed by atoms with Gasteiger partial charge in [0.2, 0.25) is 0 Å². The lowest BCUT2D eigenvalue weighted by atomic mass is 9.96. The van der Waals surface area contributed by atoms with Crippen molar-refractivity contribution in [2.75, 3.05) is 0 Å². The number of carbonyl (C=O) groups excluding carboxylic acids is 1. The molecule has 0 amide bonds. The van der Waals surface area contributed by atoms with Crippen LogP contribution in [0, 0.1) is 27.2 Å². The summed E-state index contributed by atoms with van der Waals surface area (Å²) in [5.74, 6) is 0.952. The van der Waals surface area contributed by atoms with Crippen LogP contribution >= 0.6 is 0 Å². The fourth-order valence-corrected chi connectivity index (χ4v) is 5.15. The van der Waals surface area contributed by atoms with Crippen molar-refractivity contribution >= 4 is 17.3 Å². The van der Waals surface area contributed by atoms with Crippen LogP contribution in [0.4, 0.5) is 11.4 Å². The van der Waals surface area contributed by atoms with E-state index in [1.54, 1.807) is 84.9 Å². The van der Waals surface area contributed by atoms with Crippen molar-refractivity contribution in [3.8, 4) is 23.0 Å². The van der Waals surface area contributed by atoms with Gasteiger partial charge in [0.25, 0.3) is 11.4 Å². The summed E-state index contributed by atoms with van der Waals surface area (Å²) in [7, 11) is 0. The summed E-state index contributed by atoms with van der Waals surface area (Å²) in [5, 5.41) is 22.9. The van der Waals surface area contributed by atoms with Crippen LogP contribution in [0.3, 0.4) is 0 Å². The molecule has 0 N–H and O–H groups in total. The number of aryl methyl sites for hydroxylation is 1. The Hall–Kier alpha value is -6.23. The molecule has 5 aromatic rings. The summed E-state index contributed by atoms with van der Waals surface area (Å²) in [5.41, 5.74) is 3.03. The summed E-state index contributed by atoms with van der Waals surface area (Å²) < 4.78 is 24.2. The van der Waals surface area contributed by atoms with Gasteiger partial charge >= 0.3 is 5.97 Å². The van der Waals surface area contributed by atoms with Gasteiger partial charge < -0.3 is 18.9 Å². The maximum Gasteiger partial charge on any atom is 0.339 e. The Kier molecular flexibility index (Phi) is 8.29. The van der Waals surface area contributed by atoms with E-state index in [1.807, 2.05) is 19.1 Å². The lowest BCUT2D eigenvalue weighted by molar-refractivity contribution is -0.386. The molecule has 1 aliphatic heterocycles. The van der Waals surface area contributed by atoms with E-state index in [1.165, 1.54) is 12.1 Å². The lowest BCUT2D eigenvalue weighted by Crippen LogP contribution is -2.18. The molecule has 0 spiro atoms. The van der Waals surface area contributed by atoms with Gasteiger partial charge in [0.15, 0.2) is 6.10 Å². The number of benzene rings is 5. The number of fused-ring (bicyclic) bond motifs is 2. The zero-order valence-electron chi connectivity index (χ0n) is 24.5. The van der Waals surface area contributed by atoms with Crippen LogP contribution < -0.4 is 14.2 Å². The van der Waals surface area contributed by atoms with Crippen LogP contribution in [0.25, 0.3) is 0 Å². The standard InChI is InChI=1S/C35H26N2O9/c1-22-8-2-5-11-27(22)35(38)46-34-28-16-14-25(43-20-23-9-3-6-12-30(23)36(39)40)18-32(28)45-33-19-26(15-17-29(33)34)44-21-24-10-4-7-13-31(24)37(41)42/h2-19,34H,20-21H2,1H3. The van der Waals surface area contributed by atoms with Crippen molar-refractivity contribution in [3.63, 3.8) is 0 Å². The Bertz CT molecular complexity index is 1860. The van der Waals surface area contributed by atoms with Crippen molar-refractivity contribution < 1.29 is 33.6 Å². The molecule has 11 heteroatoms. The van der Waals surface area contributed by atoms with Gasteiger partial charge in [-0.3, -0.25) is 20.2 Å². The first-order chi connectivity index (χ1) is 22.3. The normalized spacial score (nSPS) is 11.8. The molecule has 6 rings (SSSR count). The zero-order valence-corrected chi connectivity index (χ0v) is 24.5. The number of nitro benzene ring substituents is 2. The maximum absolute atomic E-state index is 13.4. The number of nitrogens with zero attached hydrogens (tertiary/aromatic N) is 2. The molecule has 0 radical (unpaired) electrons. The zero-order chi connectivity index (χ0) is 32.2. The average molecular weight is 619 g/mol. The van der Waals surface area contributed by atoms with Crippen molar-refractivity contribution in [3.05, 3.63) is 163 Å². The Morgan fingerprint density at radius 2 is 1.17 bits per heavy atom. The fraction of sp³-hybridized carbons (Fsp3) is 0.114. The van der Waals surface area contributed by atoms with E-state index in [9.17, 15) is 25.0 Å². The molecular formula is C35H26N2O9. The van der Waals surface area contributed by atoms with Crippen molar-refractivity contribution in [1.82, 2.24) is 0 Å². The van der Waals surface area contributed by atoms with Gasteiger partial charge in [-0.2, -0.15) is 0 Å². The summed E-state index contributed by atoms with van der Waals surface area (Å²) in [6, 6.07) is 29.8. The number of rotatable bonds is 10. The second kappa shape index (κ2) is 12.8. The summed E-state index contributed by atoms with van der Waals surface area (Å²) in [6.07, 6.45) is -0.848. The summed E-state index contributed by atoms with van der Waals surface area (Å²) in [6.45, 7) is 1.72. The van der Waals surface area contributed by atoms with Gasteiger partial charge in [-0.25, -0.2) is 4.79 Å². The molecule has 0 aromatic heterocycles. The van der Waals surface area contributed by atoms with E-state index < -0.39 is 21.9 Å². The highest BCUT2D eigenvalue weighted by Gasteiger charge is 2.32. The molecule has 0 unspecified atom stereocenters. The molecule has 230 valence electrons. The number of hydrogen-bond acceptors (Lipinski definition) is 9. The van der Waals surface area contributed by atoms with Crippen molar-refractivity contribution in [2.24, 2.45) is 0 Å². The highest BCUT2D eigenvalue weighted by atomic mass is 16.6. The molecule has 5 aromatic carbocycles. The van der Waals surface area contributed by atoms with Crippen LogP contribution in [0.1, 0.15) is 44.3 Å². The smallest absolute Gasteiger partial charge is 0.339 e. The number of para-hydroxylation sites is 2. The highest BCUT2D eigenvalue weighted by Crippen LogP contribution is 2.47. The molecular weight excluding hydrogens is 592 g/mol. The molecule has 1 aliphatic rings. The topological polar surface area (TPSA) is 140 Å². The minimum absolute atomic E-state index is 0.0535. The SMILES string of the molecule is Cc1ccccc1C(=O)OC1c2ccc(OCc3ccccc3[N+](=O)[O-])cc2Oc2cc(OCc3ccccc3[N+](=O)[O-])ccc21. The van der Waals surface area contributed by atoms with Gasteiger partial charge in [0.05, 0.1) is 26.5 Å².